The largest absolute Gasteiger partial charge is 0.458 e. The van der Waals surface area contributed by atoms with Gasteiger partial charge >= 0.3 is 18.2 Å². The molecule has 0 spiro atoms. The quantitative estimate of drug-likeness (QED) is 0.619. The molecule has 13 heteroatoms. The van der Waals surface area contributed by atoms with Crippen LogP contribution in [0.5, 0.6) is 0 Å². The van der Waals surface area contributed by atoms with Crippen LogP contribution in [0.15, 0.2) is 6.20 Å². The first-order valence-electron chi connectivity index (χ1n) is 11.4. The summed E-state index contributed by atoms with van der Waals surface area (Å²) in [7, 11) is 0. The Morgan fingerprint density at radius 1 is 1.26 bits per heavy atom. The average Bonchev–Trinajstić information content (AvgIpc) is 3.05. The Hall–Kier alpha value is -3.12. The lowest BCUT2D eigenvalue weighted by molar-refractivity contribution is -0.149. The Balaban J connectivity index is 1.85. The van der Waals surface area contributed by atoms with Crippen molar-refractivity contribution < 1.29 is 32.2 Å². The van der Waals surface area contributed by atoms with Crippen molar-refractivity contribution in [1.82, 2.24) is 24.5 Å². The number of halogens is 3. The van der Waals surface area contributed by atoms with Crippen LogP contribution in [-0.2, 0) is 26.9 Å². The van der Waals surface area contributed by atoms with Crippen molar-refractivity contribution in [2.45, 2.75) is 78.3 Å². The van der Waals surface area contributed by atoms with Crippen LogP contribution in [0.2, 0.25) is 0 Å². The molecule has 0 unspecified atom stereocenters. The van der Waals surface area contributed by atoms with Crippen LogP contribution < -0.4 is 5.32 Å². The van der Waals surface area contributed by atoms with Crippen molar-refractivity contribution in [3.63, 3.8) is 0 Å². The first-order valence-corrected chi connectivity index (χ1v) is 11.4. The Bertz CT molecular complexity index is 1080. The molecule has 1 amide bonds. The van der Waals surface area contributed by atoms with Crippen molar-refractivity contribution in [3.8, 4) is 0 Å². The lowest BCUT2D eigenvalue weighted by Gasteiger charge is -2.38. The van der Waals surface area contributed by atoms with Gasteiger partial charge in [-0.3, -0.25) is 4.79 Å². The molecule has 1 fully saturated rings. The standard InChI is InChI=1S/C22H31F3N6O4/c1-12(2)9-17-28-18(22(23,24)25)15-10-26-19(29-31(15)17)27-14-7-8-30(11-16(14)34-13(3)32)20(33)35-21(4,5)6/h10,12,14,16H,7-9,11H2,1-6H3,(H,27,29)/t14-,16-/m1/s1. The van der Waals surface area contributed by atoms with Gasteiger partial charge in [0.2, 0.25) is 5.95 Å². The zero-order valence-electron chi connectivity index (χ0n) is 20.6. The number of nitrogens with zero attached hydrogens (tertiary/aromatic N) is 5. The van der Waals surface area contributed by atoms with Crippen molar-refractivity contribution in [2.75, 3.05) is 18.4 Å². The van der Waals surface area contributed by atoms with Gasteiger partial charge in [0.15, 0.2) is 5.69 Å². The number of hydrogen-bond acceptors (Lipinski definition) is 8. The molecule has 0 aromatic carbocycles. The number of piperidine rings is 1. The molecule has 1 saturated heterocycles. The smallest absolute Gasteiger partial charge is 0.435 e. The molecule has 0 radical (unpaired) electrons. The van der Waals surface area contributed by atoms with Gasteiger partial charge in [0, 0.05) is 19.9 Å². The van der Waals surface area contributed by atoms with Gasteiger partial charge in [-0.05, 0) is 33.1 Å². The van der Waals surface area contributed by atoms with Crippen molar-refractivity contribution >= 4 is 23.5 Å². The van der Waals surface area contributed by atoms with Crippen LogP contribution >= 0.6 is 0 Å². The molecule has 3 heterocycles. The van der Waals surface area contributed by atoms with Gasteiger partial charge in [-0.15, -0.1) is 5.10 Å². The lowest BCUT2D eigenvalue weighted by atomic mass is 10.0. The fraction of sp³-hybridized carbons (Fsp3) is 0.682. The second kappa shape index (κ2) is 9.86. The number of alkyl halides is 3. The first-order chi connectivity index (χ1) is 16.1. The molecular formula is C22H31F3N6O4. The number of nitrogens with one attached hydrogen (secondary N) is 1. The molecule has 0 aliphatic carbocycles. The van der Waals surface area contributed by atoms with E-state index < -0.39 is 41.7 Å². The van der Waals surface area contributed by atoms with E-state index in [1.807, 2.05) is 13.8 Å². The highest BCUT2D eigenvalue weighted by atomic mass is 19.4. The fourth-order valence-corrected chi connectivity index (χ4v) is 3.79. The van der Waals surface area contributed by atoms with E-state index in [1.54, 1.807) is 20.8 Å². The third-order valence-electron chi connectivity index (χ3n) is 5.16. The zero-order chi connectivity index (χ0) is 26.1. The van der Waals surface area contributed by atoms with Crippen molar-refractivity contribution in [2.24, 2.45) is 5.92 Å². The summed E-state index contributed by atoms with van der Waals surface area (Å²) in [5.74, 6) is -0.253. The summed E-state index contributed by atoms with van der Waals surface area (Å²) in [5, 5.41) is 7.32. The maximum atomic E-state index is 13.5. The van der Waals surface area contributed by atoms with Crippen LogP contribution in [0.4, 0.5) is 23.9 Å². The Kier molecular flexibility index (Phi) is 7.46. The normalized spacial score (nSPS) is 19.2. The van der Waals surface area contributed by atoms with E-state index in [1.165, 1.54) is 11.8 Å². The summed E-state index contributed by atoms with van der Waals surface area (Å²) in [4.78, 5) is 33.5. The zero-order valence-corrected chi connectivity index (χ0v) is 20.6. The number of amides is 1. The highest BCUT2D eigenvalue weighted by molar-refractivity contribution is 5.69. The topological polar surface area (TPSA) is 111 Å². The highest BCUT2D eigenvalue weighted by Gasteiger charge is 2.38. The number of rotatable bonds is 5. The summed E-state index contributed by atoms with van der Waals surface area (Å²) in [6, 6.07) is -0.478. The number of carbonyl (C=O) groups is 2. The van der Waals surface area contributed by atoms with Gasteiger partial charge in [-0.25, -0.2) is 19.3 Å². The number of ether oxygens (including phenoxy) is 2. The second-order valence-corrected chi connectivity index (χ2v) is 9.96. The van der Waals surface area contributed by atoms with E-state index in [-0.39, 0.29) is 36.2 Å². The Morgan fingerprint density at radius 2 is 1.94 bits per heavy atom. The van der Waals surface area contributed by atoms with Gasteiger partial charge in [0.05, 0.1) is 18.8 Å². The molecule has 10 nitrogen and oxygen atoms in total. The number of anilines is 1. The number of esters is 1. The maximum absolute atomic E-state index is 13.5. The van der Waals surface area contributed by atoms with Gasteiger partial charge in [0.1, 0.15) is 23.0 Å². The van der Waals surface area contributed by atoms with Gasteiger partial charge in [-0.1, -0.05) is 13.8 Å². The summed E-state index contributed by atoms with van der Waals surface area (Å²) >= 11 is 0. The summed E-state index contributed by atoms with van der Waals surface area (Å²) in [6.45, 7) is 10.7. The van der Waals surface area contributed by atoms with E-state index in [0.717, 1.165) is 10.7 Å². The minimum Gasteiger partial charge on any atom is -0.458 e. The van der Waals surface area contributed by atoms with Crippen LogP contribution in [0.1, 0.15) is 59.5 Å². The van der Waals surface area contributed by atoms with Gasteiger partial charge in [0.25, 0.3) is 0 Å². The predicted molar refractivity (Wildman–Crippen MR) is 120 cm³/mol. The van der Waals surface area contributed by atoms with Crippen molar-refractivity contribution in [3.05, 3.63) is 17.7 Å². The number of imidazole rings is 1. The van der Waals surface area contributed by atoms with E-state index in [0.29, 0.717) is 13.0 Å². The minimum atomic E-state index is -4.65. The molecule has 3 rings (SSSR count). The second-order valence-electron chi connectivity index (χ2n) is 9.96. The maximum Gasteiger partial charge on any atom is 0.435 e. The average molecular weight is 501 g/mol. The molecular weight excluding hydrogens is 469 g/mol. The van der Waals surface area contributed by atoms with Crippen LogP contribution in [0.3, 0.4) is 0 Å². The van der Waals surface area contributed by atoms with Gasteiger partial charge in [-0.2, -0.15) is 13.2 Å². The summed E-state index contributed by atoms with van der Waals surface area (Å²) < 4.78 is 52.4. The number of fused-ring (bicyclic) bond motifs is 1. The molecule has 0 bridgehead atoms. The fourth-order valence-electron chi connectivity index (χ4n) is 3.79. The molecule has 0 saturated carbocycles. The minimum absolute atomic E-state index is 0.0542. The third-order valence-corrected chi connectivity index (χ3v) is 5.16. The monoisotopic (exact) mass is 500 g/mol. The number of carbonyl (C=O) groups excluding carboxylic acids is 2. The number of hydrogen-bond donors (Lipinski definition) is 1. The predicted octanol–water partition coefficient (Wildman–Crippen LogP) is 3.69. The summed E-state index contributed by atoms with van der Waals surface area (Å²) in [5.41, 5.74) is -1.96. The first kappa shape index (κ1) is 26.5. The summed E-state index contributed by atoms with van der Waals surface area (Å²) in [6.07, 6.45) is -4.18. The molecule has 1 aliphatic heterocycles. The van der Waals surface area contributed by atoms with E-state index >= 15 is 0 Å². The molecule has 2 atom stereocenters. The van der Waals surface area contributed by atoms with Crippen LogP contribution in [-0.4, -0.2) is 67.4 Å². The van der Waals surface area contributed by atoms with Crippen molar-refractivity contribution in [1.29, 1.82) is 0 Å². The molecule has 2 aromatic heterocycles. The number of likely N-dealkylation sites (tertiary alicyclic amines) is 1. The molecule has 194 valence electrons. The van der Waals surface area contributed by atoms with E-state index in [9.17, 15) is 22.8 Å². The van der Waals surface area contributed by atoms with Crippen LogP contribution in [0.25, 0.3) is 5.52 Å². The van der Waals surface area contributed by atoms with E-state index in [2.05, 4.69) is 20.4 Å². The van der Waals surface area contributed by atoms with Crippen LogP contribution in [0, 0.1) is 5.92 Å². The lowest BCUT2D eigenvalue weighted by Crippen LogP contribution is -2.54. The highest BCUT2D eigenvalue weighted by Crippen LogP contribution is 2.32. The number of aromatic nitrogens is 4. The Labute approximate surface area is 201 Å². The molecule has 2 aromatic rings. The molecule has 35 heavy (non-hydrogen) atoms. The SMILES string of the molecule is CC(=O)O[C@@H]1CN(C(=O)OC(C)(C)C)CC[C@H]1Nc1ncc2c(C(F)(F)F)nc(CC(C)C)n2n1. The van der Waals surface area contributed by atoms with Gasteiger partial charge < -0.3 is 19.7 Å². The third kappa shape index (κ3) is 6.73. The molecule has 1 aliphatic rings. The molecule has 1 N–H and O–H groups in total. The Morgan fingerprint density at radius 3 is 2.51 bits per heavy atom. The van der Waals surface area contributed by atoms with E-state index in [4.69, 9.17) is 9.47 Å².